The van der Waals surface area contributed by atoms with Gasteiger partial charge in [-0.1, -0.05) is 18.2 Å². The van der Waals surface area contributed by atoms with Gasteiger partial charge in [0.2, 0.25) is 5.91 Å². The number of carbonyl (C=O) groups is 1. The molecular weight excluding hydrogens is 236 g/mol. The van der Waals surface area contributed by atoms with E-state index in [1.807, 2.05) is 14.0 Å². The highest BCUT2D eigenvalue weighted by atomic mass is 16.2. The van der Waals surface area contributed by atoms with Gasteiger partial charge in [0, 0.05) is 26.1 Å². The normalized spacial score (nSPS) is 12.3. The third-order valence-corrected chi connectivity index (χ3v) is 3.55. The second-order valence-corrected chi connectivity index (χ2v) is 5.50. The number of nitrogens with two attached hydrogens (primary N) is 1. The summed E-state index contributed by atoms with van der Waals surface area (Å²) in [5, 5.41) is 0. The number of hydrogen-bond donors (Lipinski definition) is 1. The molecule has 2 N–H and O–H groups in total. The molecule has 3 nitrogen and oxygen atoms in total. The summed E-state index contributed by atoms with van der Waals surface area (Å²) in [6.45, 7) is 6.93. The van der Waals surface area contributed by atoms with Gasteiger partial charge in [-0.25, -0.2) is 0 Å². The number of amides is 1. The Balaban J connectivity index is 2.42. The molecule has 3 heteroatoms. The fourth-order valence-corrected chi connectivity index (χ4v) is 1.92. The molecule has 106 valence electrons. The van der Waals surface area contributed by atoms with Crippen LogP contribution in [-0.4, -0.2) is 30.4 Å². The number of rotatable bonds is 6. The molecule has 0 aliphatic heterocycles. The molecule has 1 aromatic rings. The quantitative estimate of drug-likeness (QED) is 0.856. The van der Waals surface area contributed by atoms with Crippen LogP contribution in [0.5, 0.6) is 0 Å². The van der Waals surface area contributed by atoms with Crippen LogP contribution in [0.4, 0.5) is 0 Å². The van der Waals surface area contributed by atoms with E-state index in [1.165, 1.54) is 16.7 Å². The van der Waals surface area contributed by atoms with E-state index in [4.69, 9.17) is 5.73 Å². The maximum absolute atomic E-state index is 11.9. The van der Waals surface area contributed by atoms with Crippen molar-refractivity contribution in [3.63, 3.8) is 0 Å². The van der Waals surface area contributed by atoms with E-state index in [0.29, 0.717) is 6.42 Å². The molecule has 1 aromatic carbocycles. The third-order valence-electron chi connectivity index (χ3n) is 3.55. The summed E-state index contributed by atoms with van der Waals surface area (Å²) in [6, 6.07) is 6.58. The maximum Gasteiger partial charge on any atom is 0.222 e. The highest BCUT2D eigenvalue weighted by Gasteiger charge is 2.09. The second-order valence-electron chi connectivity index (χ2n) is 5.50. The van der Waals surface area contributed by atoms with E-state index in [9.17, 15) is 4.79 Å². The van der Waals surface area contributed by atoms with Gasteiger partial charge in [-0.15, -0.1) is 0 Å². The molecule has 0 spiro atoms. The van der Waals surface area contributed by atoms with Crippen molar-refractivity contribution in [2.45, 2.75) is 46.1 Å². The lowest BCUT2D eigenvalue weighted by atomic mass is 10.0. The Morgan fingerprint density at radius 2 is 2.00 bits per heavy atom. The minimum Gasteiger partial charge on any atom is -0.345 e. The van der Waals surface area contributed by atoms with Gasteiger partial charge in [0.15, 0.2) is 0 Å². The van der Waals surface area contributed by atoms with Crippen LogP contribution in [0.25, 0.3) is 0 Å². The number of carbonyl (C=O) groups excluding carboxylic acids is 1. The van der Waals surface area contributed by atoms with E-state index in [-0.39, 0.29) is 11.9 Å². The van der Waals surface area contributed by atoms with Gasteiger partial charge in [-0.2, -0.15) is 0 Å². The summed E-state index contributed by atoms with van der Waals surface area (Å²) in [7, 11) is 1.87. The van der Waals surface area contributed by atoms with Gasteiger partial charge < -0.3 is 10.6 Å². The Bertz CT molecular complexity index is 427. The summed E-state index contributed by atoms with van der Waals surface area (Å²) >= 11 is 0. The number of likely N-dealkylation sites (N-methyl/N-ethyl adjacent to an activating group) is 1. The fraction of sp³-hybridized carbons (Fsp3) is 0.562. The van der Waals surface area contributed by atoms with Crippen LogP contribution in [0.2, 0.25) is 0 Å². The summed E-state index contributed by atoms with van der Waals surface area (Å²) in [6.07, 6.45) is 2.20. The fourth-order valence-electron chi connectivity index (χ4n) is 1.92. The van der Waals surface area contributed by atoms with Crippen molar-refractivity contribution in [3.8, 4) is 0 Å². The average molecular weight is 262 g/mol. The highest BCUT2D eigenvalue weighted by Crippen LogP contribution is 2.11. The van der Waals surface area contributed by atoms with E-state index >= 15 is 0 Å². The summed E-state index contributed by atoms with van der Waals surface area (Å²) in [5.74, 6) is 0.182. The van der Waals surface area contributed by atoms with Gasteiger partial charge in [0.25, 0.3) is 0 Å². The average Bonchev–Trinajstić information content (AvgIpc) is 2.36. The van der Waals surface area contributed by atoms with Crippen LogP contribution in [0, 0.1) is 13.8 Å². The lowest BCUT2D eigenvalue weighted by molar-refractivity contribution is -0.130. The Labute approximate surface area is 116 Å². The largest absolute Gasteiger partial charge is 0.345 e. The third kappa shape index (κ3) is 5.43. The molecule has 0 aliphatic rings. The zero-order valence-electron chi connectivity index (χ0n) is 12.6. The maximum atomic E-state index is 11.9. The van der Waals surface area contributed by atoms with E-state index in [0.717, 1.165) is 19.4 Å². The van der Waals surface area contributed by atoms with Crippen LogP contribution < -0.4 is 5.73 Å². The zero-order chi connectivity index (χ0) is 14.4. The molecule has 0 saturated carbocycles. The van der Waals surface area contributed by atoms with Crippen LogP contribution >= 0.6 is 0 Å². The topological polar surface area (TPSA) is 46.3 Å². The van der Waals surface area contributed by atoms with Crippen molar-refractivity contribution >= 4 is 5.91 Å². The SMILES string of the molecule is Cc1ccc(CCN(C)C(=O)CCC(C)N)cc1C. The van der Waals surface area contributed by atoms with Crippen LogP contribution in [0.3, 0.4) is 0 Å². The van der Waals surface area contributed by atoms with Gasteiger partial charge in [0.1, 0.15) is 0 Å². The van der Waals surface area contributed by atoms with E-state index in [1.54, 1.807) is 4.90 Å². The van der Waals surface area contributed by atoms with Crippen molar-refractivity contribution in [3.05, 3.63) is 34.9 Å². The molecule has 0 aliphatic carbocycles. The number of hydrogen-bond acceptors (Lipinski definition) is 2. The summed E-state index contributed by atoms with van der Waals surface area (Å²) in [5.41, 5.74) is 9.57. The van der Waals surface area contributed by atoms with Crippen molar-refractivity contribution in [2.75, 3.05) is 13.6 Å². The molecule has 0 aromatic heterocycles. The number of nitrogens with zero attached hydrogens (tertiary/aromatic N) is 1. The van der Waals surface area contributed by atoms with Gasteiger partial charge in [-0.3, -0.25) is 4.79 Å². The molecule has 1 unspecified atom stereocenters. The Kier molecular flexibility index (Phi) is 6.03. The smallest absolute Gasteiger partial charge is 0.222 e. The molecule has 0 radical (unpaired) electrons. The van der Waals surface area contributed by atoms with Gasteiger partial charge >= 0.3 is 0 Å². The number of benzene rings is 1. The Morgan fingerprint density at radius 1 is 1.32 bits per heavy atom. The predicted molar refractivity (Wildman–Crippen MR) is 80.1 cm³/mol. The standard InChI is InChI=1S/C16H26N2O/c1-12-5-7-15(11-13(12)2)9-10-18(4)16(19)8-6-14(3)17/h5,7,11,14H,6,8-10,17H2,1-4H3. The molecule has 0 bridgehead atoms. The predicted octanol–water partition coefficient (Wildman–Crippen LogP) is 2.43. The van der Waals surface area contributed by atoms with Crippen LogP contribution in [0.15, 0.2) is 18.2 Å². The second kappa shape index (κ2) is 7.29. The van der Waals surface area contributed by atoms with Crippen molar-refractivity contribution in [1.82, 2.24) is 4.90 Å². The van der Waals surface area contributed by atoms with E-state index < -0.39 is 0 Å². The molecule has 1 rings (SSSR count). The molecule has 1 atom stereocenters. The molecule has 19 heavy (non-hydrogen) atoms. The first kappa shape index (κ1) is 15.7. The minimum atomic E-state index is 0.0945. The van der Waals surface area contributed by atoms with Crippen molar-refractivity contribution < 1.29 is 4.79 Å². The summed E-state index contributed by atoms with van der Waals surface area (Å²) < 4.78 is 0. The van der Waals surface area contributed by atoms with Crippen LogP contribution in [0.1, 0.15) is 36.5 Å². The molecular formula is C16H26N2O. The Morgan fingerprint density at radius 3 is 2.58 bits per heavy atom. The lowest BCUT2D eigenvalue weighted by Crippen LogP contribution is -2.30. The molecule has 0 fully saturated rings. The molecule has 0 saturated heterocycles. The Hall–Kier alpha value is -1.35. The number of aryl methyl sites for hydroxylation is 2. The molecule has 0 heterocycles. The monoisotopic (exact) mass is 262 g/mol. The first-order valence-corrected chi connectivity index (χ1v) is 6.96. The van der Waals surface area contributed by atoms with Crippen LogP contribution in [-0.2, 0) is 11.2 Å². The first-order valence-electron chi connectivity index (χ1n) is 6.96. The van der Waals surface area contributed by atoms with Gasteiger partial charge in [-0.05, 0) is 50.3 Å². The summed E-state index contributed by atoms with van der Waals surface area (Å²) in [4.78, 5) is 13.7. The van der Waals surface area contributed by atoms with Crippen molar-refractivity contribution in [2.24, 2.45) is 5.73 Å². The van der Waals surface area contributed by atoms with E-state index in [2.05, 4.69) is 32.0 Å². The molecule has 1 amide bonds. The van der Waals surface area contributed by atoms with Gasteiger partial charge in [0.05, 0.1) is 0 Å². The lowest BCUT2D eigenvalue weighted by Gasteiger charge is -2.18. The van der Waals surface area contributed by atoms with Crippen molar-refractivity contribution in [1.29, 1.82) is 0 Å². The highest BCUT2D eigenvalue weighted by molar-refractivity contribution is 5.75. The zero-order valence-corrected chi connectivity index (χ0v) is 12.6. The first-order chi connectivity index (χ1) is 8.90. The minimum absolute atomic E-state index is 0.0945.